The number of anilines is 2. The van der Waals surface area contributed by atoms with Gasteiger partial charge in [0.15, 0.2) is 0 Å². The van der Waals surface area contributed by atoms with E-state index in [1.807, 2.05) is 18.2 Å². The molecule has 3 N–H and O–H groups in total. The third-order valence-corrected chi connectivity index (χ3v) is 4.96. The molecule has 5 nitrogen and oxygen atoms in total. The number of halogens is 1. The van der Waals surface area contributed by atoms with Crippen LogP contribution in [0.5, 0.6) is 0 Å². The maximum absolute atomic E-state index is 12.6. The zero-order valence-electron chi connectivity index (χ0n) is 13.3. The normalized spacial score (nSPS) is 25.2. The number of nitrogens with one attached hydrogen (secondary N) is 1. The predicted molar refractivity (Wildman–Crippen MR) is 93.0 cm³/mol. The van der Waals surface area contributed by atoms with Crippen LogP contribution in [0.25, 0.3) is 0 Å². The van der Waals surface area contributed by atoms with Gasteiger partial charge < -0.3 is 20.7 Å². The summed E-state index contributed by atoms with van der Waals surface area (Å²) in [6.45, 7) is 2.91. The predicted octanol–water partition coefficient (Wildman–Crippen LogP) is 2.63. The first-order chi connectivity index (χ1) is 11.1. The average molecular weight is 338 g/mol. The number of morpholine rings is 1. The minimum absolute atomic E-state index is 0.00438. The molecule has 1 aliphatic carbocycles. The summed E-state index contributed by atoms with van der Waals surface area (Å²) in [4.78, 5) is 14.8. The number of benzene rings is 1. The van der Waals surface area contributed by atoms with Crippen LogP contribution < -0.4 is 16.0 Å². The quantitative estimate of drug-likeness (QED) is 0.889. The van der Waals surface area contributed by atoms with Crippen LogP contribution in [0.1, 0.15) is 25.7 Å². The van der Waals surface area contributed by atoms with E-state index in [0.717, 1.165) is 50.1 Å². The second kappa shape index (κ2) is 7.51. The SMILES string of the molecule is NC1CCCC(C(=O)Nc2cccc(Cl)c2N2CCOCC2)C1. The highest BCUT2D eigenvalue weighted by Gasteiger charge is 2.27. The number of ether oxygens (including phenoxy) is 1. The molecule has 2 aliphatic rings. The van der Waals surface area contributed by atoms with E-state index in [0.29, 0.717) is 18.2 Å². The van der Waals surface area contributed by atoms with Gasteiger partial charge in [0.05, 0.1) is 29.6 Å². The molecule has 0 bridgehead atoms. The number of carbonyl (C=O) groups is 1. The maximum atomic E-state index is 12.6. The van der Waals surface area contributed by atoms with E-state index in [1.54, 1.807) is 0 Å². The van der Waals surface area contributed by atoms with Crippen molar-refractivity contribution >= 4 is 28.9 Å². The van der Waals surface area contributed by atoms with Gasteiger partial charge in [-0.05, 0) is 31.4 Å². The van der Waals surface area contributed by atoms with Crippen molar-refractivity contribution in [3.63, 3.8) is 0 Å². The Labute approximate surface area is 142 Å². The molecule has 6 heteroatoms. The van der Waals surface area contributed by atoms with Gasteiger partial charge in [-0.3, -0.25) is 4.79 Å². The van der Waals surface area contributed by atoms with Crippen molar-refractivity contribution < 1.29 is 9.53 Å². The highest BCUT2D eigenvalue weighted by molar-refractivity contribution is 6.34. The first kappa shape index (κ1) is 16.6. The number of nitrogens with two attached hydrogens (primary N) is 1. The third-order valence-electron chi connectivity index (χ3n) is 4.66. The fourth-order valence-electron chi connectivity index (χ4n) is 3.43. The van der Waals surface area contributed by atoms with Gasteiger partial charge in [-0.25, -0.2) is 0 Å². The molecule has 2 atom stereocenters. The molecule has 3 rings (SSSR count). The van der Waals surface area contributed by atoms with E-state index < -0.39 is 0 Å². The first-order valence-electron chi connectivity index (χ1n) is 8.33. The molecule has 23 heavy (non-hydrogen) atoms. The Morgan fingerprint density at radius 1 is 1.30 bits per heavy atom. The summed E-state index contributed by atoms with van der Waals surface area (Å²) in [5.74, 6) is 0.0483. The van der Waals surface area contributed by atoms with Gasteiger partial charge in [0.1, 0.15) is 0 Å². The molecule has 126 valence electrons. The van der Waals surface area contributed by atoms with E-state index in [2.05, 4.69) is 10.2 Å². The van der Waals surface area contributed by atoms with E-state index >= 15 is 0 Å². The van der Waals surface area contributed by atoms with Crippen molar-refractivity contribution in [2.75, 3.05) is 36.5 Å². The molecule has 0 radical (unpaired) electrons. The topological polar surface area (TPSA) is 67.6 Å². The molecule has 1 aliphatic heterocycles. The molecule has 1 amide bonds. The lowest BCUT2D eigenvalue weighted by Gasteiger charge is -2.32. The Morgan fingerprint density at radius 3 is 2.83 bits per heavy atom. The molecule has 2 unspecified atom stereocenters. The number of carbonyl (C=O) groups excluding carboxylic acids is 1. The van der Waals surface area contributed by atoms with Gasteiger partial charge in [-0.1, -0.05) is 24.1 Å². The summed E-state index contributed by atoms with van der Waals surface area (Å²) in [5.41, 5.74) is 7.68. The number of hydrogen-bond donors (Lipinski definition) is 2. The van der Waals surface area contributed by atoms with Crippen molar-refractivity contribution in [3.05, 3.63) is 23.2 Å². The summed E-state index contributed by atoms with van der Waals surface area (Å²) in [5, 5.41) is 3.73. The largest absolute Gasteiger partial charge is 0.378 e. The number of rotatable bonds is 3. The standard InChI is InChI=1S/C17H24ClN3O2/c18-14-5-2-6-15(16(14)21-7-9-23-10-8-21)20-17(22)12-3-1-4-13(19)11-12/h2,5-6,12-13H,1,3-4,7-11,19H2,(H,20,22). The van der Waals surface area contributed by atoms with Crippen molar-refractivity contribution in [2.24, 2.45) is 11.7 Å². The zero-order valence-corrected chi connectivity index (χ0v) is 14.0. The van der Waals surface area contributed by atoms with Crippen LogP contribution in [-0.2, 0) is 9.53 Å². The van der Waals surface area contributed by atoms with Crippen molar-refractivity contribution in [3.8, 4) is 0 Å². The monoisotopic (exact) mass is 337 g/mol. The lowest BCUT2D eigenvalue weighted by Crippen LogP contribution is -2.38. The smallest absolute Gasteiger partial charge is 0.227 e. The molecule has 0 aromatic heterocycles. The molecule has 2 fully saturated rings. The summed E-state index contributed by atoms with van der Waals surface area (Å²) in [6.07, 6.45) is 3.71. The summed E-state index contributed by atoms with van der Waals surface area (Å²) < 4.78 is 5.40. The van der Waals surface area contributed by atoms with Crippen LogP contribution in [0.15, 0.2) is 18.2 Å². The number of amides is 1. The van der Waals surface area contributed by atoms with Crippen molar-refractivity contribution in [2.45, 2.75) is 31.7 Å². The van der Waals surface area contributed by atoms with Gasteiger partial charge in [0, 0.05) is 25.0 Å². The number of nitrogens with zero attached hydrogens (tertiary/aromatic N) is 1. The van der Waals surface area contributed by atoms with Gasteiger partial charge in [0.2, 0.25) is 5.91 Å². The molecule has 0 spiro atoms. The van der Waals surface area contributed by atoms with E-state index in [-0.39, 0.29) is 17.9 Å². The minimum Gasteiger partial charge on any atom is -0.378 e. The van der Waals surface area contributed by atoms with Crippen LogP contribution in [-0.4, -0.2) is 38.3 Å². The zero-order chi connectivity index (χ0) is 16.2. The van der Waals surface area contributed by atoms with Crippen LogP contribution in [0.2, 0.25) is 5.02 Å². The number of hydrogen-bond acceptors (Lipinski definition) is 4. The summed E-state index contributed by atoms with van der Waals surface area (Å²) in [6, 6.07) is 5.78. The molecule has 1 saturated carbocycles. The second-order valence-corrected chi connectivity index (χ2v) is 6.76. The van der Waals surface area contributed by atoms with Crippen LogP contribution in [0.4, 0.5) is 11.4 Å². The van der Waals surface area contributed by atoms with E-state index in [1.165, 1.54) is 0 Å². The molecule has 1 aromatic carbocycles. The van der Waals surface area contributed by atoms with Gasteiger partial charge in [-0.2, -0.15) is 0 Å². The molecule has 1 heterocycles. The molecule has 1 aromatic rings. The average Bonchev–Trinajstić information content (AvgIpc) is 2.56. The van der Waals surface area contributed by atoms with Crippen molar-refractivity contribution in [1.29, 1.82) is 0 Å². The van der Waals surface area contributed by atoms with Crippen molar-refractivity contribution in [1.82, 2.24) is 0 Å². The Hall–Kier alpha value is -1.30. The van der Waals surface area contributed by atoms with Gasteiger partial charge in [0.25, 0.3) is 0 Å². The van der Waals surface area contributed by atoms with E-state index in [9.17, 15) is 4.79 Å². The van der Waals surface area contributed by atoms with Crippen LogP contribution in [0.3, 0.4) is 0 Å². The van der Waals surface area contributed by atoms with E-state index in [4.69, 9.17) is 22.1 Å². The Balaban J connectivity index is 1.76. The summed E-state index contributed by atoms with van der Waals surface area (Å²) in [7, 11) is 0. The van der Waals surface area contributed by atoms with Crippen LogP contribution >= 0.6 is 11.6 Å². The summed E-state index contributed by atoms with van der Waals surface area (Å²) >= 11 is 6.40. The fourth-order valence-corrected chi connectivity index (χ4v) is 3.72. The minimum atomic E-state index is -0.00438. The molecular formula is C17H24ClN3O2. The van der Waals surface area contributed by atoms with Crippen LogP contribution in [0, 0.1) is 5.92 Å². The Morgan fingerprint density at radius 2 is 2.09 bits per heavy atom. The Bertz CT molecular complexity index is 561. The third kappa shape index (κ3) is 3.97. The highest BCUT2D eigenvalue weighted by atomic mass is 35.5. The lowest BCUT2D eigenvalue weighted by molar-refractivity contribution is -0.120. The number of para-hydroxylation sites is 1. The van der Waals surface area contributed by atoms with Gasteiger partial charge in [-0.15, -0.1) is 0 Å². The second-order valence-electron chi connectivity index (χ2n) is 6.35. The first-order valence-corrected chi connectivity index (χ1v) is 8.70. The fraction of sp³-hybridized carbons (Fsp3) is 0.588. The Kier molecular flexibility index (Phi) is 5.41. The molecule has 1 saturated heterocycles. The maximum Gasteiger partial charge on any atom is 0.227 e. The lowest BCUT2D eigenvalue weighted by atomic mass is 9.85. The molecular weight excluding hydrogens is 314 g/mol. The van der Waals surface area contributed by atoms with Gasteiger partial charge >= 0.3 is 0 Å². The highest BCUT2D eigenvalue weighted by Crippen LogP contribution is 2.35.